The van der Waals surface area contributed by atoms with Gasteiger partial charge in [0.15, 0.2) is 0 Å². The van der Waals surface area contributed by atoms with Gasteiger partial charge in [0.25, 0.3) is 0 Å². The predicted molar refractivity (Wildman–Crippen MR) is 342 cm³/mol. The lowest BCUT2D eigenvalue weighted by Gasteiger charge is -2.24. The van der Waals surface area contributed by atoms with Gasteiger partial charge in [-0.3, -0.25) is 9.97 Å². The van der Waals surface area contributed by atoms with Crippen LogP contribution in [0.5, 0.6) is 11.5 Å². The molecule has 12 aromatic rings. The molecule has 0 spiro atoms. The average Bonchev–Trinajstić information content (AvgIpc) is 1.57. The lowest BCUT2D eigenvalue weighted by molar-refractivity contribution is 0.271. The second-order valence-corrected chi connectivity index (χ2v) is 22.3. The number of aromatic nitrogens is 6. The molecule has 0 aliphatic heterocycles. The maximum Gasteiger partial charge on any atom is 0.328 e. The summed E-state index contributed by atoms with van der Waals surface area (Å²) in [5.74, 6) is 1.82. The van der Waals surface area contributed by atoms with Crippen molar-refractivity contribution in [3.63, 3.8) is 0 Å². The molecule has 0 N–H and O–H groups in total. The second-order valence-electron chi connectivity index (χ2n) is 22.3. The van der Waals surface area contributed by atoms with Crippen molar-refractivity contribution in [1.29, 1.82) is 10.5 Å². The fourth-order valence-electron chi connectivity index (χ4n) is 11.4. The lowest BCUT2D eigenvalue weighted by atomic mass is 9.50. The van der Waals surface area contributed by atoms with Crippen molar-refractivity contribution in [3.8, 4) is 46.2 Å². The van der Waals surface area contributed by atoms with Crippen LogP contribution in [0.3, 0.4) is 0 Å². The van der Waals surface area contributed by atoms with Crippen LogP contribution in [0.4, 0.5) is 0 Å². The van der Waals surface area contributed by atoms with Gasteiger partial charge in [0.1, 0.15) is 46.2 Å². The average molecular weight is 1090 g/mol. The minimum Gasteiger partial charge on any atom is -0.493 e. The van der Waals surface area contributed by atoms with E-state index in [1.165, 1.54) is 0 Å². The van der Waals surface area contributed by atoms with Gasteiger partial charge >= 0.3 is 13.7 Å². The molecular formula is C72H60B2N8O2. The number of nitriles is 2. The van der Waals surface area contributed by atoms with Crippen molar-refractivity contribution in [1.82, 2.24) is 28.9 Å². The van der Waals surface area contributed by atoms with Crippen molar-refractivity contribution in [2.24, 2.45) is 11.8 Å². The first-order chi connectivity index (χ1) is 41.1. The Morgan fingerprint density at radius 1 is 0.440 bits per heavy atom. The summed E-state index contributed by atoms with van der Waals surface area (Å²) in [5, 5.41) is 27.4. The Kier molecular flexibility index (Phi) is 15.3. The summed E-state index contributed by atoms with van der Waals surface area (Å²) < 4.78 is 17.9. The molecule has 4 aromatic heterocycles. The van der Waals surface area contributed by atoms with Crippen molar-refractivity contribution in [2.45, 2.75) is 41.5 Å². The lowest BCUT2D eigenvalue weighted by Crippen LogP contribution is -2.54. The third kappa shape index (κ3) is 10.6. The summed E-state index contributed by atoms with van der Waals surface area (Å²) in [6.45, 7) is 12.4. The SMILES string of the molecule is Cc1ccc2nc(/C(C#N)=c3/c4c(-c5cccc(OCC(C)C)c5)n(B(c5ccccc5)c5ccccc5)/c(=C(/C#N)c5cnc6cc(C)ccc6n5)c4c(-c4cccc(OCC(C)C)c4)n3B(c3ccccc3)c3ccccc3)cnc2c1. The first kappa shape index (κ1) is 54.3. The van der Waals surface area contributed by atoms with E-state index < -0.39 is 13.7 Å². The van der Waals surface area contributed by atoms with Crippen molar-refractivity contribution < 1.29 is 9.47 Å². The molecule has 12 heteroatoms. The maximum absolute atomic E-state index is 12.4. The second kappa shape index (κ2) is 23.7. The van der Waals surface area contributed by atoms with Gasteiger partial charge in [-0.15, -0.1) is 0 Å². The molecular weight excluding hydrogens is 1030 g/mol. The minimum absolute atomic E-state index is 0.243. The zero-order valence-electron chi connectivity index (χ0n) is 47.9. The summed E-state index contributed by atoms with van der Waals surface area (Å²) in [5.41, 5.74) is 13.0. The molecule has 0 amide bonds. The molecule has 0 aliphatic carbocycles. The highest BCUT2D eigenvalue weighted by Gasteiger charge is 2.37. The summed E-state index contributed by atoms with van der Waals surface area (Å²) in [6.07, 6.45) is 3.44. The Balaban J connectivity index is 1.44. The number of fused-ring (bicyclic) bond motifs is 3. The highest BCUT2D eigenvalue weighted by atomic mass is 16.5. The van der Waals surface area contributed by atoms with Crippen LogP contribution in [0, 0.1) is 48.3 Å². The maximum atomic E-state index is 12.4. The van der Waals surface area contributed by atoms with Gasteiger partial charge in [0.2, 0.25) is 0 Å². The summed E-state index contributed by atoms with van der Waals surface area (Å²) in [7, 11) is 0. The van der Waals surface area contributed by atoms with Crippen LogP contribution >= 0.6 is 0 Å². The van der Waals surface area contributed by atoms with Gasteiger partial charge in [-0.1, -0.05) is 207 Å². The van der Waals surface area contributed by atoms with E-state index in [1.54, 1.807) is 12.4 Å². The molecule has 0 aliphatic rings. The topological polar surface area (TPSA) is 127 Å². The van der Waals surface area contributed by atoms with Crippen LogP contribution in [0.2, 0.25) is 0 Å². The van der Waals surface area contributed by atoms with E-state index in [2.05, 4.69) is 170 Å². The summed E-state index contributed by atoms with van der Waals surface area (Å²) >= 11 is 0. The number of ether oxygens (including phenoxy) is 2. The van der Waals surface area contributed by atoms with E-state index in [9.17, 15) is 10.5 Å². The molecule has 8 aromatic carbocycles. The zero-order valence-corrected chi connectivity index (χ0v) is 47.9. The normalized spacial score (nSPS) is 12.1. The molecule has 4 heterocycles. The van der Waals surface area contributed by atoms with E-state index in [4.69, 9.17) is 29.4 Å². The highest BCUT2D eigenvalue weighted by Crippen LogP contribution is 2.38. The van der Waals surface area contributed by atoms with Gasteiger partial charge in [-0.2, -0.15) is 10.5 Å². The van der Waals surface area contributed by atoms with Crippen LogP contribution in [0.1, 0.15) is 50.2 Å². The number of hydrogen-bond acceptors (Lipinski definition) is 8. The molecule has 0 saturated carbocycles. The van der Waals surface area contributed by atoms with Gasteiger partial charge in [0, 0.05) is 33.3 Å². The van der Waals surface area contributed by atoms with Crippen molar-refractivity contribution >= 4 is 79.5 Å². The number of benzene rings is 8. The Morgan fingerprint density at radius 3 is 1.13 bits per heavy atom. The van der Waals surface area contributed by atoms with Crippen molar-refractivity contribution in [2.75, 3.05) is 13.2 Å². The summed E-state index contributed by atoms with van der Waals surface area (Å²) in [6, 6.07) is 75.6. The van der Waals surface area contributed by atoms with Crippen LogP contribution in [0.15, 0.2) is 219 Å². The first-order valence-corrected chi connectivity index (χ1v) is 28.6. The molecule has 0 radical (unpaired) electrons. The van der Waals surface area contributed by atoms with Crippen LogP contribution < -0.4 is 42.0 Å². The third-order valence-corrected chi connectivity index (χ3v) is 15.1. The van der Waals surface area contributed by atoms with Gasteiger partial charge in [-0.05, 0) is 85.3 Å². The largest absolute Gasteiger partial charge is 0.493 e. The van der Waals surface area contributed by atoms with Crippen LogP contribution in [0.25, 0.3) is 66.5 Å². The molecule has 0 saturated heterocycles. The number of nitrogens with zero attached hydrogens (tertiary/aromatic N) is 8. The summed E-state index contributed by atoms with van der Waals surface area (Å²) in [4.78, 5) is 20.8. The van der Waals surface area contributed by atoms with Gasteiger partial charge in [-0.25, -0.2) is 9.97 Å². The highest BCUT2D eigenvalue weighted by molar-refractivity contribution is 6.85. The number of hydrogen-bond donors (Lipinski definition) is 0. The zero-order chi connectivity index (χ0) is 57.8. The molecule has 406 valence electrons. The van der Waals surface area contributed by atoms with Crippen LogP contribution in [-0.4, -0.2) is 55.8 Å². The Hall–Kier alpha value is -10.3. The van der Waals surface area contributed by atoms with Gasteiger partial charge < -0.3 is 18.4 Å². The molecule has 0 fully saturated rings. The minimum atomic E-state index is -0.590. The molecule has 84 heavy (non-hydrogen) atoms. The van der Waals surface area contributed by atoms with E-state index in [0.717, 1.165) is 55.5 Å². The number of aryl methyl sites for hydroxylation is 2. The quantitative estimate of drug-likeness (QED) is 0.0876. The smallest absolute Gasteiger partial charge is 0.328 e. The van der Waals surface area contributed by atoms with Crippen LogP contribution in [-0.2, 0) is 0 Å². The first-order valence-electron chi connectivity index (χ1n) is 28.6. The van der Waals surface area contributed by atoms with Crippen molar-refractivity contribution in [3.05, 3.63) is 252 Å². The standard InChI is InChI=1S/C72H60B2N8O2/c1-47(2)45-83-57-31-19-21-51(39-57)69-67-68(72(60(42-76)66-44-78-64-38-50(6)34-36-62(64)80-66)81(69)73(53-23-11-7-12-24-53)54-25-13-8-14-26-54)70(52-22-20-32-58(40-52)84-46-48(3)4)82(74(55-27-15-9-16-28-55)56-29-17-10-18-30-56)71(67)59(41-75)65-43-77-63-37-49(5)33-35-61(63)79-65/h7-40,43-44,47-48H,45-46H2,1-6H3/b71-59-,72-60-. The third-order valence-electron chi connectivity index (χ3n) is 15.1. The fraction of sp³-hybridized carbons (Fsp3) is 0.139. The monoisotopic (exact) mass is 1090 g/mol. The molecule has 12 rings (SSSR count). The number of rotatable bonds is 16. The van der Waals surface area contributed by atoms with E-state index >= 15 is 0 Å². The molecule has 10 nitrogen and oxygen atoms in total. The Labute approximate surface area is 490 Å². The van der Waals surface area contributed by atoms with E-state index in [-0.39, 0.29) is 23.0 Å². The molecule has 0 bridgehead atoms. The Morgan fingerprint density at radius 2 is 0.798 bits per heavy atom. The Bertz CT molecular complexity index is 4250. The van der Waals surface area contributed by atoms with Gasteiger partial charge in [0.05, 0.1) is 58.4 Å². The predicted octanol–water partition coefficient (Wildman–Crippen LogP) is 11.1. The molecule has 0 unspecified atom stereocenters. The fourth-order valence-corrected chi connectivity index (χ4v) is 11.4. The van der Waals surface area contributed by atoms with E-state index in [1.807, 2.05) is 98.8 Å². The molecule has 0 atom stereocenters. The van der Waals surface area contributed by atoms with E-state index in [0.29, 0.717) is 79.6 Å².